The lowest BCUT2D eigenvalue weighted by Crippen LogP contribution is -2.33. The molecule has 0 unspecified atom stereocenters. The quantitative estimate of drug-likeness (QED) is 0.304. The molecule has 10 nitrogen and oxygen atoms in total. The summed E-state index contributed by atoms with van der Waals surface area (Å²) in [4.78, 5) is 28.7. The first kappa shape index (κ1) is 15.4. The third-order valence-corrected chi connectivity index (χ3v) is 2.26. The Hall–Kier alpha value is -2.65. The molecule has 0 fully saturated rings. The Morgan fingerprint density at radius 2 is 1.90 bits per heavy atom. The van der Waals surface area contributed by atoms with E-state index in [2.05, 4.69) is 25.9 Å². The molecule has 1 aromatic heterocycles. The van der Waals surface area contributed by atoms with Gasteiger partial charge in [-0.05, 0) is 6.42 Å². The number of anilines is 2. The number of carbonyl (C=O) groups excluding carboxylic acids is 1. The smallest absolute Gasteiger partial charge is 0.353 e. The van der Waals surface area contributed by atoms with E-state index >= 15 is 0 Å². The molecular formula is C10H17N7O3. The van der Waals surface area contributed by atoms with Crippen LogP contribution in [0.5, 0.6) is 0 Å². The molecule has 5 N–H and O–H groups in total. The summed E-state index contributed by atoms with van der Waals surface area (Å²) in [5.74, 6) is 0.257. The van der Waals surface area contributed by atoms with Crippen LogP contribution in [0, 0.1) is 10.1 Å². The summed E-state index contributed by atoms with van der Waals surface area (Å²) in [5, 5.41) is 19.1. The van der Waals surface area contributed by atoms with E-state index in [4.69, 9.17) is 5.73 Å². The molecule has 2 amide bonds. The van der Waals surface area contributed by atoms with Crippen molar-refractivity contribution in [2.45, 2.75) is 13.3 Å². The number of hydrogen-bond acceptors (Lipinski definition) is 7. The highest BCUT2D eigenvalue weighted by molar-refractivity contribution is 5.72. The summed E-state index contributed by atoms with van der Waals surface area (Å²) >= 11 is 0. The van der Waals surface area contributed by atoms with Crippen molar-refractivity contribution in [2.75, 3.05) is 30.3 Å². The zero-order valence-corrected chi connectivity index (χ0v) is 11.0. The highest BCUT2D eigenvalue weighted by Gasteiger charge is 2.22. The number of aromatic nitrogens is 2. The van der Waals surface area contributed by atoms with Crippen molar-refractivity contribution in [3.8, 4) is 0 Å². The number of carbonyl (C=O) groups is 1. The van der Waals surface area contributed by atoms with Crippen LogP contribution in [0.3, 0.4) is 0 Å². The summed E-state index contributed by atoms with van der Waals surface area (Å²) in [5.41, 5.74) is 4.69. The predicted molar refractivity (Wildman–Crippen MR) is 73.5 cm³/mol. The average Bonchev–Trinajstić information content (AvgIpc) is 2.40. The normalized spacial score (nSPS) is 9.85. The summed E-state index contributed by atoms with van der Waals surface area (Å²) in [6, 6.07) is -0.658. The zero-order chi connectivity index (χ0) is 15.0. The van der Waals surface area contributed by atoms with Crippen molar-refractivity contribution < 1.29 is 9.72 Å². The van der Waals surface area contributed by atoms with Gasteiger partial charge >= 0.3 is 11.7 Å². The fraction of sp³-hybridized carbons (Fsp3) is 0.500. The third kappa shape index (κ3) is 4.55. The molecule has 0 bridgehead atoms. The van der Waals surface area contributed by atoms with Gasteiger partial charge in [0.15, 0.2) is 0 Å². The Morgan fingerprint density at radius 1 is 1.30 bits per heavy atom. The molecule has 0 spiro atoms. The van der Waals surface area contributed by atoms with Crippen LogP contribution in [-0.2, 0) is 0 Å². The minimum Gasteiger partial charge on any atom is -0.364 e. The van der Waals surface area contributed by atoms with E-state index in [0.29, 0.717) is 6.54 Å². The Bertz CT molecular complexity index is 480. The van der Waals surface area contributed by atoms with Crippen molar-refractivity contribution in [1.29, 1.82) is 0 Å². The van der Waals surface area contributed by atoms with Gasteiger partial charge in [0, 0.05) is 19.6 Å². The largest absolute Gasteiger partial charge is 0.364 e. The van der Waals surface area contributed by atoms with E-state index in [-0.39, 0.29) is 30.4 Å². The number of nitrogens with one attached hydrogen (secondary N) is 3. The summed E-state index contributed by atoms with van der Waals surface area (Å²) < 4.78 is 0. The van der Waals surface area contributed by atoms with Gasteiger partial charge < -0.3 is 21.7 Å². The van der Waals surface area contributed by atoms with Crippen LogP contribution in [-0.4, -0.2) is 40.6 Å². The Labute approximate surface area is 115 Å². The van der Waals surface area contributed by atoms with Crippen molar-refractivity contribution in [3.63, 3.8) is 0 Å². The molecule has 1 heterocycles. The standard InChI is InChI=1S/C10H17N7O3/c1-2-3-12-8-7(17(19)20)9(16-6-15-8)13-4-5-14-10(11)18/h6H,2-5H2,1H3,(H3,11,14,18)(H2,12,13,15,16). The lowest BCUT2D eigenvalue weighted by molar-refractivity contribution is -0.383. The maximum Gasteiger partial charge on any atom is 0.353 e. The first-order chi connectivity index (χ1) is 9.56. The molecular weight excluding hydrogens is 266 g/mol. The first-order valence-corrected chi connectivity index (χ1v) is 6.06. The van der Waals surface area contributed by atoms with Crippen LogP contribution in [0.4, 0.5) is 22.1 Å². The first-order valence-electron chi connectivity index (χ1n) is 6.06. The van der Waals surface area contributed by atoms with Gasteiger partial charge in [-0.1, -0.05) is 6.92 Å². The Balaban J connectivity index is 2.78. The van der Waals surface area contributed by atoms with Crippen LogP contribution in [0.25, 0.3) is 0 Å². The van der Waals surface area contributed by atoms with Gasteiger partial charge in [-0.2, -0.15) is 0 Å². The monoisotopic (exact) mass is 283 g/mol. The minimum absolute atomic E-state index is 0.0925. The van der Waals surface area contributed by atoms with Crippen molar-refractivity contribution in [1.82, 2.24) is 15.3 Å². The fourth-order valence-corrected chi connectivity index (χ4v) is 1.42. The van der Waals surface area contributed by atoms with Crippen LogP contribution in [0.15, 0.2) is 6.33 Å². The van der Waals surface area contributed by atoms with E-state index in [9.17, 15) is 14.9 Å². The maximum absolute atomic E-state index is 11.1. The molecule has 0 radical (unpaired) electrons. The average molecular weight is 283 g/mol. The molecule has 0 saturated carbocycles. The third-order valence-electron chi connectivity index (χ3n) is 2.26. The molecule has 0 aliphatic heterocycles. The second-order valence-electron chi connectivity index (χ2n) is 3.82. The maximum atomic E-state index is 11.1. The van der Waals surface area contributed by atoms with E-state index in [1.165, 1.54) is 6.33 Å². The number of nitrogens with zero attached hydrogens (tertiary/aromatic N) is 3. The van der Waals surface area contributed by atoms with Gasteiger partial charge in [0.05, 0.1) is 4.92 Å². The molecule has 0 atom stereocenters. The molecule has 20 heavy (non-hydrogen) atoms. The van der Waals surface area contributed by atoms with E-state index in [1.54, 1.807) is 0 Å². The van der Waals surface area contributed by atoms with Gasteiger partial charge in [-0.3, -0.25) is 10.1 Å². The summed E-state index contributed by atoms with van der Waals surface area (Å²) in [6.45, 7) is 3.00. The zero-order valence-electron chi connectivity index (χ0n) is 11.0. The number of urea groups is 1. The van der Waals surface area contributed by atoms with Gasteiger partial charge in [-0.15, -0.1) is 0 Å². The van der Waals surface area contributed by atoms with E-state index in [0.717, 1.165) is 6.42 Å². The van der Waals surface area contributed by atoms with Crippen molar-refractivity contribution in [3.05, 3.63) is 16.4 Å². The van der Waals surface area contributed by atoms with E-state index < -0.39 is 11.0 Å². The van der Waals surface area contributed by atoms with E-state index in [1.807, 2.05) is 6.92 Å². The van der Waals surface area contributed by atoms with Crippen LogP contribution in [0.2, 0.25) is 0 Å². The second kappa shape index (κ2) is 7.71. The molecule has 1 aromatic rings. The Kier molecular flexibility index (Phi) is 5.94. The van der Waals surface area contributed by atoms with Gasteiger partial charge in [0.2, 0.25) is 11.6 Å². The van der Waals surface area contributed by atoms with Gasteiger partial charge in [0.1, 0.15) is 6.33 Å². The number of amides is 2. The lowest BCUT2D eigenvalue weighted by Gasteiger charge is -2.09. The number of nitrogens with two attached hydrogens (primary N) is 1. The van der Waals surface area contributed by atoms with Crippen molar-refractivity contribution in [2.24, 2.45) is 5.73 Å². The minimum atomic E-state index is -0.658. The number of hydrogen-bond donors (Lipinski definition) is 4. The Morgan fingerprint density at radius 3 is 2.40 bits per heavy atom. The van der Waals surface area contributed by atoms with Gasteiger partial charge in [0.25, 0.3) is 0 Å². The predicted octanol–water partition coefficient (Wildman–Crippen LogP) is 0.287. The summed E-state index contributed by atoms with van der Waals surface area (Å²) in [7, 11) is 0. The molecule has 110 valence electrons. The lowest BCUT2D eigenvalue weighted by atomic mass is 10.4. The van der Waals surface area contributed by atoms with Crippen molar-refractivity contribution >= 4 is 23.4 Å². The molecule has 0 saturated heterocycles. The fourth-order valence-electron chi connectivity index (χ4n) is 1.42. The molecule has 1 rings (SSSR count). The summed E-state index contributed by atoms with van der Waals surface area (Å²) in [6.07, 6.45) is 2.04. The topological polar surface area (TPSA) is 148 Å². The highest BCUT2D eigenvalue weighted by atomic mass is 16.6. The molecule has 0 aromatic carbocycles. The van der Waals surface area contributed by atoms with Crippen LogP contribution >= 0.6 is 0 Å². The SMILES string of the molecule is CCCNc1ncnc(NCCNC(N)=O)c1[N+](=O)[O-]. The van der Waals surface area contributed by atoms with Crippen LogP contribution < -0.4 is 21.7 Å². The number of rotatable bonds is 8. The van der Waals surface area contributed by atoms with Crippen LogP contribution in [0.1, 0.15) is 13.3 Å². The second-order valence-corrected chi connectivity index (χ2v) is 3.82. The number of primary amides is 1. The molecule has 10 heteroatoms. The molecule has 0 aliphatic carbocycles. The highest BCUT2D eigenvalue weighted by Crippen LogP contribution is 2.28. The number of nitro groups is 1. The molecule has 0 aliphatic rings. The van der Waals surface area contributed by atoms with Gasteiger partial charge in [-0.25, -0.2) is 14.8 Å².